The SMILES string of the molecule is CC(C)c1ccc(C23CC4CC(CC(COC(=O)C(C)(F)F)(C4)C2)C3)cc1. The summed E-state index contributed by atoms with van der Waals surface area (Å²) < 4.78 is 31.6. The second-order valence-electron chi connectivity index (χ2n) is 9.98. The van der Waals surface area contributed by atoms with Crippen LogP contribution in [0.1, 0.15) is 76.3 Å². The van der Waals surface area contributed by atoms with Crippen molar-refractivity contribution < 1.29 is 18.3 Å². The molecule has 27 heavy (non-hydrogen) atoms. The number of carbonyl (C=O) groups excluding carboxylic acids is 1. The van der Waals surface area contributed by atoms with Gasteiger partial charge in [0.25, 0.3) is 0 Å². The van der Waals surface area contributed by atoms with Crippen LogP contribution in [-0.4, -0.2) is 18.5 Å². The van der Waals surface area contributed by atoms with Crippen molar-refractivity contribution in [2.45, 2.75) is 76.6 Å². The molecule has 0 aliphatic heterocycles. The third kappa shape index (κ3) is 3.40. The normalized spacial score (nSPS) is 34.9. The van der Waals surface area contributed by atoms with Crippen molar-refractivity contribution in [1.29, 1.82) is 0 Å². The molecule has 0 saturated heterocycles. The minimum atomic E-state index is -3.41. The van der Waals surface area contributed by atoms with E-state index in [0.29, 0.717) is 24.7 Å². The molecule has 0 aromatic heterocycles. The van der Waals surface area contributed by atoms with Gasteiger partial charge in [0.15, 0.2) is 0 Å². The summed E-state index contributed by atoms with van der Waals surface area (Å²) in [5.41, 5.74) is 2.73. The summed E-state index contributed by atoms with van der Waals surface area (Å²) >= 11 is 0. The minimum absolute atomic E-state index is 0.123. The van der Waals surface area contributed by atoms with Crippen molar-refractivity contribution in [3.63, 3.8) is 0 Å². The van der Waals surface area contributed by atoms with E-state index in [4.69, 9.17) is 4.74 Å². The second kappa shape index (κ2) is 6.28. The number of ether oxygens (including phenoxy) is 1. The lowest BCUT2D eigenvalue weighted by Crippen LogP contribution is -2.55. The van der Waals surface area contributed by atoms with Crippen LogP contribution >= 0.6 is 0 Å². The molecule has 2 unspecified atom stereocenters. The summed E-state index contributed by atoms with van der Waals surface area (Å²) in [6.45, 7) is 5.17. The lowest BCUT2D eigenvalue weighted by molar-refractivity contribution is -0.180. The number of esters is 1. The Morgan fingerprint density at radius 3 is 2.26 bits per heavy atom. The molecule has 4 saturated carbocycles. The van der Waals surface area contributed by atoms with E-state index in [-0.39, 0.29) is 17.4 Å². The predicted octanol–water partition coefficient (Wildman–Crippen LogP) is 5.85. The van der Waals surface area contributed by atoms with Crippen LogP contribution in [0.5, 0.6) is 0 Å². The molecule has 0 N–H and O–H groups in total. The molecule has 4 bridgehead atoms. The molecule has 0 spiro atoms. The Hall–Kier alpha value is -1.45. The number of halogens is 2. The Morgan fingerprint density at radius 1 is 1.15 bits per heavy atom. The first-order valence-corrected chi connectivity index (χ1v) is 10.3. The summed E-state index contributed by atoms with van der Waals surface area (Å²) in [5, 5.41) is 0. The van der Waals surface area contributed by atoms with Crippen molar-refractivity contribution in [2.75, 3.05) is 6.61 Å². The van der Waals surface area contributed by atoms with Gasteiger partial charge in [-0.3, -0.25) is 0 Å². The standard InChI is InChI=1S/C23H30F2O2/c1-15(2)18-4-6-19(7-5-18)23-11-16-8-17(12-23)10-22(9-16,13-23)14-27-20(26)21(3,24)25/h4-7,15-17H,8-14H2,1-3H3. The molecule has 1 aromatic carbocycles. The number of rotatable bonds is 5. The molecule has 148 valence electrons. The van der Waals surface area contributed by atoms with Gasteiger partial charge >= 0.3 is 11.9 Å². The average molecular weight is 376 g/mol. The van der Waals surface area contributed by atoms with Gasteiger partial charge in [-0.1, -0.05) is 38.1 Å². The number of hydrogen-bond donors (Lipinski definition) is 0. The Labute approximate surface area is 160 Å². The summed E-state index contributed by atoms with van der Waals surface area (Å²) in [6, 6.07) is 9.04. The molecule has 0 radical (unpaired) electrons. The van der Waals surface area contributed by atoms with Crippen LogP contribution in [0.15, 0.2) is 24.3 Å². The Balaban J connectivity index is 1.58. The van der Waals surface area contributed by atoms with Crippen molar-refractivity contribution in [3.05, 3.63) is 35.4 Å². The fourth-order valence-electron chi connectivity index (χ4n) is 6.53. The molecule has 0 amide bonds. The Kier molecular flexibility index (Phi) is 4.40. The van der Waals surface area contributed by atoms with Gasteiger partial charge in [0.1, 0.15) is 0 Å². The molecule has 2 atom stereocenters. The Bertz CT molecular complexity index is 703. The maximum absolute atomic E-state index is 13.2. The highest BCUT2D eigenvalue weighted by Crippen LogP contribution is 2.65. The van der Waals surface area contributed by atoms with E-state index in [1.807, 2.05) is 0 Å². The monoisotopic (exact) mass is 376 g/mol. The number of alkyl halides is 2. The van der Waals surface area contributed by atoms with E-state index in [1.54, 1.807) is 0 Å². The molecule has 4 fully saturated rings. The molecule has 0 heterocycles. The van der Waals surface area contributed by atoms with Gasteiger partial charge in [0.2, 0.25) is 0 Å². The summed E-state index contributed by atoms with van der Waals surface area (Å²) in [6.07, 6.45) is 6.59. The first-order chi connectivity index (χ1) is 12.6. The van der Waals surface area contributed by atoms with Crippen LogP contribution in [0, 0.1) is 17.3 Å². The van der Waals surface area contributed by atoms with E-state index >= 15 is 0 Å². The maximum atomic E-state index is 13.2. The highest BCUT2D eigenvalue weighted by Gasteiger charge is 2.58. The van der Waals surface area contributed by atoms with Crippen molar-refractivity contribution >= 4 is 5.97 Å². The van der Waals surface area contributed by atoms with Crippen molar-refractivity contribution in [2.24, 2.45) is 17.3 Å². The zero-order chi connectivity index (χ0) is 19.4. The van der Waals surface area contributed by atoms with E-state index in [9.17, 15) is 13.6 Å². The van der Waals surface area contributed by atoms with E-state index in [1.165, 1.54) is 30.4 Å². The zero-order valence-corrected chi connectivity index (χ0v) is 16.6. The predicted molar refractivity (Wildman–Crippen MR) is 101 cm³/mol. The molecule has 5 rings (SSSR count). The average Bonchev–Trinajstić information content (AvgIpc) is 2.58. The molecule has 4 heteroatoms. The van der Waals surface area contributed by atoms with Gasteiger partial charge in [-0.05, 0) is 72.8 Å². The topological polar surface area (TPSA) is 26.3 Å². The van der Waals surface area contributed by atoms with Gasteiger partial charge in [-0.2, -0.15) is 8.78 Å². The van der Waals surface area contributed by atoms with E-state index in [2.05, 4.69) is 38.1 Å². The molecule has 2 nitrogen and oxygen atoms in total. The Morgan fingerprint density at radius 2 is 1.74 bits per heavy atom. The van der Waals surface area contributed by atoms with Gasteiger partial charge in [0, 0.05) is 12.3 Å². The number of hydrogen-bond acceptors (Lipinski definition) is 2. The minimum Gasteiger partial charge on any atom is -0.461 e. The van der Waals surface area contributed by atoms with Gasteiger partial charge < -0.3 is 4.74 Å². The highest BCUT2D eigenvalue weighted by atomic mass is 19.3. The van der Waals surface area contributed by atoms with Crippen LogP contribution in [-0.2, 0) is 14.9 Å². The van der Waals surface area contributed by atoms with Crippen LogP contribution in [0.3, 0.4) is 0 Å². The second-order valence-corrected chi connectivity index (χ2v) is 9.98. The number of benzene rings is 1. The fraction of sp³-hybridized carbons (Fsp3) is 0.696. The molecule has 4 aliphatic rings. The summed E-state index contributed by atoms with van der Waals surface area (Å²) in [5.74, 6) is -3.04. The highest BCUT2D eigenvalue weighted by molar-refractivity contribution is 5.76. The lowest BCUT2D eigenvalue weighted by Gasteiger charge is -2.62. The van der Waals surface area contributed by atoms with Crippen LogP contribution in [0.4, 0.5) is 8.78 Å². The third-order valence-electron chi connectivity index (χ3n) is 7.24. The van der Waals surface area contributed by atoms with Gasteiger partial charge in [-0.15, -0.1) is 0 Å². The third-order valence-corrected chi connectivity index (χ3v) is 7.24. The maximum Gasteiger partial charge on any atom is 0.376 e. The molecule has 1 aromatic rings. The summed E-state index contributed by atoms with van der Waals surface area (Å²) in [7, 11) is 0. The van der Waals surface area contributed by atoms with E-state index in [0.717, 1.165) is 19.3 Å². The molecular formula is C23H30F2O2. The molecular weight excluding hydrogens is 346 g/mol. The molecule has 4 aliphatic carbocycles. The first-order valence-electron chi connectivity index (χ1n) is 10.3. The zero-order valence-electron chi connectivity index (χ0n) is 16.6. The van der Waals surface area contributed by atoms with Gasteiger partial charge in [0.05, 0.1) is 6.61 Å². The lowest BCUT2D eigenvalue weighted by atomic mass is 9.43. The summed E-state index contributed by atoms with van der Waals surface area (Å²) in [4.78, 5) is 11.6. The van der Waals surface area contributed by atoms with Crippen molar-refractivity contribution in [1.82, 2.24) is 0 Å². The smallest absolute Gasteiger partial charge is 0.376 e. The largest absolute Gasteiger partial charge is 0.461 e. The number of carbonyl (C=O) groups is 1. The van der Waals surface area contributed by atoms with Crippen molar-refractivity contribution in [3.8, 4) is 0 Å². The first kappa shape index (κ1) is 18.9. The van der Waals surface area contributed by atoms with Crippen LogP contribution in [0.2, 0.25) is 0 Å². The quantitative estimate of drug-likeness (QED) is 0.603. The van der Waals surface area contributed by atoms with Gasteiger partial charge in [-0.25, -0.2) is 4.79 Å². The fourth-order valence-corrected chi connectivity index (χ4v) is 6.53. The van der Waals surface area contributed by atoms with Crippen LogP contribution < -0.4 is 0 Å². The van der Waals surface area contributed by atoms with Crippen LogP contribution in [0.25, 0.3) is 0 Å². The van der Waals surface area contributed by atoms with E-state index < -0.39 is 11.9 Å².